The first-order valence-electron chi connectivity index (χ1n) is 8.81. The summed E-state index contributed by atoms with van der Waals surface area (Å²) in [6, 6.07) is 7.85. The van der Waals surface area contributed by atoms with E-state index < -0.39 is 0 Å². The number of carbonyl (C=O) groups excluding carboxylic acids is 1. The largest absolute Gasteiger partial charge is 0.493 e. The van der Waals surface area contributed by atoms with E-state index in [1.807, 2.05) is 32.0 Å². The van der Waals surface area contributed by atoms with E-state index in [2.05, 4.69) is 23.3 Å². The molecule has 0 fully saturated rings. The highest BCUT2D eigenvalue weighted by molar-refractivity contribution is 7.20. The highest BCUT2D eigenvalue weighted by atomic mass is 32.1. The van der Waals surface area contributed by atoms with E-state index in [0.717, 1.165) is 37.5 Å². The molecule has 0 unspecified atom stereocenters. The average molecular weight is 385 g/mol. The number of methoxy groups -OCH3 is 2. The Morgan fingerprint density at radius 1 is 1.11 bits per heavy atom. The van der Waals surface area contributed by atoms with Crippen LogP contribution in [0.3, 0.4) is 0 Å². The Morgan fingerprint density at radius 3 is 2.56 bits per heavy atom. The summed E-state index contributed by atoms with van der Waals surface area (Å²) in [7, 11) is 3.23. The van der Waals surface area contributed by atoms with Crippen molar-refractivity contribution < 1.29 is 14.3 Å². The van der Waals surface area contributed by atoms with Crippen molar-refractivity contribution in [1.82, 2.24) is 10.3 Å². The van der Waals surface area contributed by atoms with Crippen molar-refractivity contribution in [1.29, 1.82) is 0 Å². The zero-order valence-corrected chi connectivity index (χ0v) is 17.1. The molecule has 1 amide bonds. The summed E-state index contributed by atoms with van der Waals surface area (Å²) in [5.41, 5.74) is 4.22. The smallest absolute Gasteiger partial charge is 0.261 e. The summed E-state index contributed by atoms with van der Waals surface area (Å²) >= 11 is 1.46. The predicted molar refractivity (Wildman–Crippen MR) is 109 cm³/mol. The van der Waals surface area contributed by atoms with Gasteiger partial charge >= 0.3 is 0 Å². The van der Waals surface area contributed by atoms with Crippen LogP contribution in [-0.4, -0.2) is 31.7 Å². The van der Waals surface area contributed by atoms with Gasteiger partial charge in [-0.05, 0) is 62.1 Å². The third-order valence-electron chi connectivity index (χ3n) is 4.58. The van der Waals surface area contributed by atoms with Crippen molar-refractivity contribution >= 4 is 27.5 Å². The van der Waals surface area contributed by atoms with E-state index in [-0.39, 0.29) is 5.91 Å². The monoisotopic (exact) mass is 384 g/mol. The number of hydrogen-bond donors (Lipinski definition) is 1. The lowest BCUT2D eigenvalue weighted by Crippen LogP contribution is -2.25. The minimum absolute atomic E-state index is 0.0481. The van der Waals surface area contributed by atoms with Gasteiger partial charge in [0, 0.05) is 17.6 Å². The molecule has 3 rings (SSSR count). The molecule has 0 spiro atoms. The maximum absolute atomic E-state index is 12.7. The maximum Gasteiger partial charge on any atom is 0.261 e. The van der Waals surface area contributed by atoms with Crippen molar-refractivity contribution in [3.63, 3.8) is 0 Å². The van der Waals surface area contributed by atoms with Crippen molar-refractivity contribution in [2.75, 3.05) is 20.8 Å². The maximum atomic E-state index is 12.7. The number of aromatic nitrogens is 1. The van der Waals surface area contributed by atoms with E-state index in [1.54, 1.807) is 14.2 Å². The number of hydrogen-bond acceptors (Lipinski definition) is 5. The molecule has 1 N–H and O–H groups in total. The topological polar surface area (TPSA) is 60.5 Å². The van der Waals surface area contributed by atoms with Crippen LogP contribution < -0.4 is 14.8 Å². The lowest BCUT2D eigenvalue weighted by molar-refractivity contribution is 0.0957. The Morgan fingerprint density at radius 2 is 1.85 bits per heavy atom. The second-order valence-electron chi connectivity index (χ2n) is 6.51. The Hall–Kier alpha value is -2.60. The van der Waals surface area contributed by atoms with Crippen LogP contribution in [0.15, 0.2) is 24.3 Å². The van der Waals surface area contributed by atoms with Gasteiger partial charge in [0.2, 0.25) is 0 Å². The van der Waals surface area contributed by atoms with E-state index >= 15 is 0 Å². The van der Waals surface area contributed by atoms with Crippen LogP contribution in [0.1, 0.15) is 32.1 Å². The van der Waals surface area contributed by atoms with Crippen LogP contribution in [-0.2, 0) is 6.42 Å². The quantitative estimate of drug-likeness (QED) is 0.692. The molecule has 5 nitrogen and oxygen atoms in total. The minimum Gasteiger partial charge on any atom is -0.493 e. The number of benzene rings is 1. The van der Waals surface area contributed by atoms with E-state index in [4.69, 9.17) is 9.47 Å². The van der Waals surface area contributed by atoms with Crippen LogP contribution in [0.4, 0.5) is 0 Å². The van der Waals surface area contributed by atoms with Crippen molar-refractivity contribution in [2.24, 2.45) is 0 Å². The summed E-state index contributed by atoms with van der Waals surface area (Å²) in [5.74, 6) is 1.34. The van der Waals surface area contributed by atoms with Crippen molar-refractivity contribution in [3.8, 4) is 11.5 Å². The first-order valence-corrected chi connectivity index (χ1v) is 9.62. The standard InChI is InChI=1S/C21H24N2O3S/c1-12-10-13(2)23-21-18(12)14(3)19(27-21)20(24)22-9-8-15-6-7-16(25-4)17(11-15)26-5/h6-7,10-11H,8-9H2,1-5H3,(H,22,24). The summed E-state index contributed by atoms with van der Waals surface area (Å²) < 4.78 is 10.6. The second kappa shape index (κ2) is 7.96. The molecule has 2 heterocycles. The predicted octanol–water partition coefficient (Wildman–Crippen LogP) is 4.21. The first kappa shape index (κ1) is 19.2. The van der Waals surface area contributed by atoms with E-state index in [0.29, 0.717) is 24.5 Å². The minimum atomic E-state index is -0.0481. The molecule has 0 atom stereocenters. The normalized spacial score (nSPS) is 10.9. The zero-order chi connectivity index (χ0) is 19.6. The molecule has 27 heavy (non-hydrogen) atoms. The fourth-order valence-electron chi connectivity index (χ4n) is 3.27. The number of rotatable bonds is 6. The lowest BCUT2D eigenvalue weighted by Gasteiger charge is -2.10. The number of carbonyl (C=O) groups is 1. The van der Waals surface area contributed by atoms with Crippen molar-refractivity contribution in [2.45, 2.75) is 27.2 Å². The second-order valence-corrected chi connectivity index (χ2v) is 7.51. The van der Waals surface area contributed by atoms with Gasteiger partial charge in [-0.15, -0.1) is 11.3 Å². The van der Waals surface area contributed by atoms with Crippen molar-refractivity contribution in [3.05, 3.63) is 51.5 Å². The molecule has 2 aromatic heterocycles. The van der Waals surface area contributed by atoms with Crippen LogP contribution >= 0.6 is 11.3 Å². The fraction of sp³-hybridized carbons (Fsp3) is 0.333. The summed E-state index contributed by atoms with van der Waals surface area (Å²) in [4.78, 5) is 18.9. The number of nitrogens with one attached hydrogen (secondary N) is 1. The SMILES string of the molecule is COc1ccc(CCNC(=O)c2sc3nc(C)cc(C)c3c2C)cc1OC. The molecule has 0 aliphatic rings. The number of ether oxygens (including phenoxy) is 2. The highest BCUT2D eigenvalue weighted by Gasteiger charge is 2.17. The molecule has 0 saturated carbocycles. The van der Waals surface area contributed by atoms with Gasteiger partial charge in [-0.1, -0.05) is 6.07 Å². The van der Waals surface area contributed by atoms with Gasteiger partial charge in [0.25, 0.3) is 5.91 Å². The Labute approximate surface area is 163 Å². The average Bonchev–Trinajstić information content (AvgIpc) is 2.98. The molecule has 1 aromatic carbocycles. The van der Waals surface area contributed by atoms with E-state index in [1.165, 1.54) is 11.3 Å². The molecule has 6 heteroatoms. The summed E-state index contributed by atoms with van der Waals surface area (Å²) in [6.07, 6.45) is 0.715. The number of fused-ring (bicyclic) bond motifs is 1. The van der Waals surface area contributed by atoms with Crippen LogP contribution in [0, 0.1) is 20.8 Å². The van der Waals surface area contributed by atoms with Crippen LogP contribution in [0.5, 0.6) is 11.5 Å². The molecular weight excluding hydrogens is 360 g/mol. The van der Waals surface area contributed by atoms with Gasteiger partial charge < -0.3 is 14.8 Å². The lowest BCUT2D eigenvalue weighted by atomic mass is 10.1. The van der Waals surface area contributed by atoms with Gasteiger partial charge in [0.15, 0.2) is 11.5 Å². The molecule has 0 radical (unpaired) electrons. The number of aryl methyl sites for hydroxylation is 3. The number of pyridine rings is 1. The Balaban J connectivity index is 1.71. The summed E-state index contributed by atoms with van der Waals surface area (Å²) in [5, 5.41) is 4.11. The Kier molecular flexibility index (Phi) is 5.65. The third kappa shape index (κ3) is 3.90. The van der Waals surface area contributed by atoms with Gasteiger partial charge in [0.05, 0.1) is 19.1 Å². The zero-order valence-electron chi connectivity index (χ0n) is 16.3. The Bertz CT molecular complexity index is 995. The number of amides is 1. The highest BCUT2D eigenvalue weighted by Crippen LogP contribution is 2.32. The van der Waals surface area contributed by atoms with Crippen LogP contribution in [0.2, 0.25) is 0 Å². The molecular formula is C21H24N2O3S. The fourth-order valence-corrected chi connectivity index (χ4v) is 4.49. The van der Waals surface area contributed by atoms with Gasteiger partial charge in [0.1, 0.15) is 4.83 Å². The van der Waals surface area contributed by atoms with Gasteiger partial charge in [-0.3, -0.25) is 4.79 Å². The molecule has 0 aliphatic carbocycles. The summed E-state index contributed by atoms with van der Waals surface area (Å²) in [6.45, 7) is 6.58. The molecule has 0 aliphatic heterocycles. The first-order chi connectivity index (χ1) is 12.9. The van der Waals surface area contributed by atoms with Crippen LogP contribution in [0.25, 0.3) is 10.2 Å². The van der Waals surface area contributed by atoms with E-state index in [9.17, 15) is 4.79 Å². The molecule has 3 aromatic rings. The molecule has 142 valence electrons. The third-order valence-corrected chi connectivity index (χ3v) is 5.76. The van der Waals surface area contributed by atoms with Gasteiger partial charge in [-0.25, -0.2) is 4.98 Å². The molecule has 0 saturated heterocycles. The number of thiophene rings is 1. The number of nitrogens with zero attached hydrogens (tertiary/aromatic N) is 1. The molecule has 0 bridgehead atoms. The van der Waals surface area contributed by atoms with Gasteiger partial charge in [-0.2, -0.15) is 0 Å².